The minimum Gasteiger partial charge on any atom is -0.350 e. The minimum atomic E-state index is -0.326. The van der Waals surface area contributed by atoms with Crippen molar-refractivity contribution in [3.63, 3.8) is 0 Å². The summed E-state index contributed by atoms with van der Waals surface area (Å²) in [5.74, 6) is -0.0855. The van der Waals surface area contributed by atoms with Crippen LogP contribution in [0.4, 0.5) is 0 Å². The molecule has 0 unspecified atom stereocenters. The van der Waals surface area contributed by atoms with Crippen molar-refractivity contribution in [1.29, 1.82) is 0 Å². The Labute approximate surface area is 155 Å². The molecule has 140 valence electrons. The van der Waals surface area contributed by atoms with Crippen molar-refractivity contribution in [3.05, 3.63) is 41.6 Å². The van der Waals surface area contributed by atoms with Crippen LogP contribution in [0.3, 0.4) is 0 Å². The smallest absolute Gasteiger partial charge is 0.255 e. The number of fused-ring (bicyclic) bond motifs is 1. The Morgan fingerprint density at radius 2 is 1.85 bits per heavy atom. The summed E-state index contributed by atoms with van der Waals surface area (Å²) in [6, 6.07) is 9.50. The van der Waals surface area contributed by atoms with E-state index in [1.165, 1.54) is 0 Å². The number of carbonyl (C=O) groups is 2. The Kier molecular flexibility index (Phi) is 6.01. The zero-order chi connectivity index (χ0) is 19.5. The quantitative estimate of drug-likeness (QED) is 0.889. The number of hydrogen-bond acceptors (Lipinski definition) is 3. The lowest BCUT2D eigenvalue weighted by Gasteiger charge is -2.25. The van der Waals surface area contributed by atoms with Crippen LogP contribution in [0.2, 0.25) is 0 Å². The normalized spacial score (nSPS) is 11.7. The van der Waals surface area contributed by atoms with Gasteiger partial charge >= 0.3 is 0 Å². The predicted octanol–water partition coefficient (Wildman–Crippen LogP) is 3.74. The molecule has 0 saturated heterocycles. The number of nitrogens with one attached hydrogen (secondary N) is 1. The fourth-order valence-electron chi connectivity index (χ4n) is 2.80. The molecule has 1 heterocycles. The number of hydrogen-bond donors (Lipinski definition) is 1. The van der Waals surface area contributed by atoms with E-state index >= 15 is 0 Å². The first kappa shape index (κ1) is 19.9. The van der Waals surface area contributed by atoms with Gasteiger partial charge in [-0.15, -0.1) is 0 Å². The maximum absolute atomic E-state index is 13.2. The molecule has 0 aliphatic heterocycles. The second-order valence-electron chi connectivity index (χ2n) is 7.88. The number of nitrogens with zero attached hydrogens (tertiary/aromatic N) is 2. The van der Waals surface area contributed by atoms with E-state index in [9.17, 15) is 9.59 Å². The molecule has 0 fully saturated rings. The van der Waals surface area contributed by atoms with Crippen molar-refractivity contribution >= 4 is 22.7 Å². The molecule has 1 aromatic carbocycles. The Morgan fingerprint density at radius 1 is 1.19 bits per heavy atom. The topological polar surface area (TPSA) is 62.3 Å². The summed E-state index contributed by atoms with van der Waals surface area (Å²) in [7, 11) is 0. The third-order valence-corrected chi connectivity index (χ3v) is 4.08. The van der Waals surface area contributed by atoms with Crippen LogP contribution in [0.5, 0.6) is 0 Å². The van der Waals surface area contributed by atoms with Crippen LogP contribution in [-0.2, 0) is 4.79 Å². The summed E-state index contributed by atoms with van der Waals surface area (Å²) in [4.78, 5) is 31.7. The number of pyridine rings is 1. The molecule has 2 amide bonds. The maximum Gasteiger partial charge on any atom is 0.255 e. The number of amides is 2. The Balaban J connectivity index is 2.38. The summed E-state index contributed by atoms with van der Waals surface area (Å²) >= 11 is 0. The fraction of sp³-hybridized carbons (Fsp3) is 0.476. The van der Waals surface area contributed by atoms with Crippen molar-refractivity contribution in [2.45, 2.75) is 53.0 Å². The van der Waals surface area contributed by atoms with Gasteiger partial charge < -0.3 is 10.2 Å². The van der Waals surface area contributed by atoms with Crippen LogP contribution >= 0.6 is 0 Å². The van der Waals surface area contributed by atoms with E-state index in [1.54, 1.807) is 4.90 Å². The van der Waals surface area contributed by atoms with Crippen LogP contribution in [0.1, 0.15) is 63.5 Å². The van der Waals surface area contributed by atoms with Crippen molar-refractivity contribution in [2.75, 3.05) is 13.1 Å². The van der Waals surface area contributed by atoms with Gasteiger partial charge in [0, 0.05) is 23.2 Å². The Hall–Kier alpha value is -2.43. The largest absolute Gasteiger partial charge is 0.350 e. The van der Waals surface area contributed by atoms with Crippen molar-refractivity contribution in [2.24, 2.45) is 0 Å². The fourth-order valence-corrected chi connectivity index (χ4v) is 2.80. The van der Waals surface area contributed by atoms with E-state index in [2.05, 4.69) is 24.1 Å². The molecule has 5 nitrogen and oxygen atoms in total. The number of rotatable bonds is 5. The lowest BCUT2D eigenvalue weighted by molar-refractivity contribution is -0.123. The maximum atomic E-state index is 13.2. The molecular weight excluding hydrogens is 326 g/mol. The molecule has 2 rings (SSSR count). The third-order valence-electron chi connectivity index (χ3n) is 4.08. The van der Waals surface area contributed by atoms with E-state index < -0.39 is 0 Å². The first-order valence-electron chi connectivity index (χ1n) is 9.12. The van der Waals surface area contributed by atoms with E-state index in [0.717, 1.165) is 16.6 Å². The number of carbonyl (C=O) groups excluding carboxylic acids is 2. The summed E-state index contributed by atoms with van der Waals surface area (Å²) < 4.78 is 0. The average Bonchev–Trinajstić information content (AvgIpc) is 2.56. The lowest BCUT2D eigenvalue weighted by atomic mass is 10.0. The zero-order valence-corrected chi connectivity index (χ0v) is 16.6. The minimum absolute atomic E-state index is 0.0419. The molecule has 0 saturated carbocycles. The highest BCUT2D eigenvalue weighted by atomic mass is 16.2. The summed E-state index contributed by atoms with van der Waals surface area (Å²) in [6.07, 6.45) is 0. The standard InChI is InChI=1S/C21H29N3O2/c1-7-24(13-19(25)23-21(4,5)6)20(26)16-12-18(14(2)3)22-17-11-9-8-10-15(16)17/h8-12,14H,7,13H2,1-6H3,(H,23,25). The second kappa shape index (κ2) is 7.85. The van der Waals surface area contributed by atoms with Gasteiger partial charge in [-0.2, -0.15) is 0 Å². The monoisotopic (exact) mass is 355 g/mol. The molecule has 0 aliphatic carbocycles. The van der Waals surface area contributed by atoms with Crippen molar-refractivity contribution in [3.8, 4) is 0 Å². The van der Waals surface area contributed by atoms with Gasteiger partial charge in [0.05, 0.1) is 17.6 Å². The molecular formula is C21H29N3O2. The molecule has 26 heavy (non-hydrogen) atoms. The van der Waals surface area contributed by atoms with Gasteiger partial charge in [0.25, 0.3) is 5.91 Å². The van der Waals surface area contributed by atoms with E-state index in [1.807, 2.05) is 58.0 Å². The van der Waals surface area contributed by atoms with Crippen molar-refractivity contribution < 1.29 is 9.59 Å². The molecule has 1 N–H and O–H groups in total. The average molecular weight is 355 g/mol. The predicted molar refractivity (Wildman–Crippen MR) is 105 cm³/mol. The summed E-state index contributed by atoms with van der Waals surface area (Å²) in [5, 5.41) is 3.73. The first-order chi connectivity index (χ1) is 12.1. The number of aromatic nitrogens is 1. The highest BCUT2D eigenvalue weighted by Gasteiger charge is 2.23. The van der Waals surface area contributed by atoms with Gasteiger partial charge in [-0.3, -0.25) is 14.6 Å². The second-order valence-corrected chi connectivity index (χ2v) is 7.88. The highest BCUT2D eigenvalue weighted by molar-refractivity contribution is 6.07. The number of likely N-dealkylation sites (N-methyl/N-ethyl adjacent to an activating group) is 1. The molecule has 0 bridgehead atoms. The summed E-state index contributed by atoms with van der Waals surface area (Å²) in [6.45, 7) is 12.3. The van der Waals surface area contributed by atoms with Crippen LogP contribution in [-0.4, -0.2) is 40.3 Å². The third kappa shape index (κ3) is 4.81. The summed E-state index contributed by atoms with van der Waals surface area (Å²) in [5.41, 5.74) is 1.96. The van der Waals surface area contributed by atoms with E-state index in [0.29, 0.717) is 12.1 Å². The first-order valence-corrected chi connectivity index (χ1v) is 9.12. The molecule has 0 atom stereocenters. The van der Waals surface area contributed by atoms with Crippen LogP contribution in [0, 0.1) is 0 Å². The van der Waals surface area contributed by atoms with Gasteiger partial charge in [0.2, 0.25) is 5.91 Å². The van der Waals surface area contributed by atoms with E-state index in [-0.39, 0.29) is 29.8 Å². The molecule has 0 spiro atoms. The van der Waals surface area contributed by atoms with Crippen LogP contribution in [0.15, 0.2) is 30.3 Å². The Morgan fingerprint density at radius 3 is 2.42 bits per heavy atom. The Bertz CT molecular complexity index is 806. The molecule has 0 aliphatic rings. The van der Waals surface area contributed by atoms with Gasteiger partial charge in [0.15, 0.2) is 0 Å². The van der Waals surface area contributed by atoms with Gasteiger partial charge in [-0.05, 0) is 45.7 Å². The molecule has 2 aromatic rings. The molecule has 5 heteroatoms. The number of para-hydroxylation sites is 1. The van der Waals surface area contributed by atoms with E-state index in [4.69, 9.17) is 0 Å². The highest BCUT2D eigenvalue weighted by Crippen LogP contribution is 2.23. The molecule has 1 aromatic heterocycles. The SMILES string of the molecule is CCN(CC(=O)NC(C)(C)C)C(=O)c1cc(C(C)C)nc2ccccc12. The van der Waals surface area contributed by atoms with Crippen LogP contribution in [0.25, 0.3) is 10.9 Å². The van der Waals surface area contributed by atoms with Crippen molar-refractivity contribution in [1.82, 2.24) is 15.2 Å². The van der Waals surface area contributed by atoms with Crippen LogP contribution < -0.4 is 5.32 Å². The lowest BCUT2D eigenvalue weighted by Crippen LogP contribution is -2.47. The van der Waals surface area contributed by atoms with Gasteiger partial charge in [-0.1, -0.05) is 32.0 Å². The van der Waals surface area contributed by atoms with Gasteiger partial charge in [0.1, 0.15) is 0 Å². The zero-order valence-electron chi connectivity index (χ0n) is 16.6. The number of benzene rings is 1. The van der Waals surface area contributed by atoms with Gasteiger partial charge in [-0.25, -0.2) is 0 Å². The molecule has 0 radical (unpaired) electrons.